The van der Waals surface area contributed by atoms with Gasteiger partial charge in [-0.3, -0.25) is 9.69 Å². The fraction of sp³-hybridized carbons (Fsp3) is 0.364. The van der Waals surface area contributed by atoms with Crippen LogP contribution in [0.4, 0.5) is 11.5 Å². The second kappa shape index (κ2) is 3.43. The van der Waals surface area contributed by atoms with E-state index < -0.39 is 5.54 Å². The molecule has 2 aliphatic rings. The van der Waals surface area contributed by atoms with Crippen LogP contribution in [0.3, 0.4) is 0 Å². The Hall–Kier alpha value is -2.13. The van der Waals surface area contributed by atoms with Gasteiger partial charge in [-0.15, -0.1) is 0 Å². The highest BCUT2D eigenvalue weighted by molar-refractivity contribution is 6.06. The zero-order chi connectivity index (χ0) is 11.9. The number of hydrogen-bond donors (Lipinski definition) is 2. The fourth-order valence-electron chi connectivity index (χ4n) is 2.44. The van der Waals surface area contributed by atoms with Crippen molar-refractivity contribution in [2.75, 3.05) is 23.3 Å². The van der Waals surface area contributed by atoms with E-state index in [9.17, 15) is 10.1 Å². The number of carbonyl (C=O) groups excluding carboxylic acids is 1. The third kappa shape index (κ3) is 1.23. The summed E-state index contributed by atoms with van der Waals surface area (Å²) in [4.78, 5) is 17.7. The summed E-state index contributed by atoms with van der Waals surface area (Å²) in [6.45, 7) is 1.22. The maximum atomic E-state index is 12.2. The molecule has 6 nitrogen and oxygen atoms in total. The number of nitrogens with one attached hydrogen (secondary N) is 2. The predicted octanol–water partition coefficient (Wildman–Crippen LogP) is 0.0533. The van der Waals surface area contributed by atoms with Crippen LogP contribution >= 0.6 is 0 Å². The highest BCUT2D eigenvalue weighted by atomic mass is 16.2. The number of anilines is 2. The average molecular weight is 229 g/mol. The van der Waals surface area contributed by atoms with Gasteiger partial charge in [0.05, 0.1) is 5.69 Å². The van der Waals surface area contributed by atoms with Crippen molar-refractivity contribution in [3.8, 4) is 6.19 Å². The Morgan fingerprint density at radius 3 is 3.18 bits per heavy atom. The monoisotopic (exact) mass is 229 g/mol. The number of aromatic nitrogens is 1. The number of fused-ring (bicyclic) bond motifs is 1. The molecule has 17 heavy (non-hydrogen) atoms. The molecular formula is C11H11N5O. The third-order valence-electron chi connectivity index (χ3n) is 3.34. The summed E-state index contributed by atoms with van der Waals surface area (Å²) in [5, 5.41) is 15.2. The SMILES string of the molecule is N#CN1c2cccnc2NC(=O)C12CCNC2. The molecule has 86 valence electrons. The quantitative estimate of drug-likeness (QED) is 0.614. The van der Waals surface area contributed by atoms with E-state index in [2.05, 4.69) is 21.8 Å². The number of amides is 1. The number of nitrogens with zero attached hydrogens (tertiary/aromatic N) is 3. The molecule has 3 rings (SSSR count). The van der Waals surface area contributed by atoms with Crippen LogP contribution in [-0.2, 0) is 4.79 Å². The first kappa shape index (κ1) is 10.1. The predicted molar refractivity (Wildman–Crippen MR) is 61.2 cm³/mol. The Labute approximate surface area is 98.2 Å². The standard InChI is InChI=1S/C11H11N5O/c12-7-16-8-2-1-4-14-9(8)15-10(17)11(16)3-5-13-6-11/h1-2,4,13H,3,5-6H2,(H,14,15,17). The molecule has 0 bridgehead atoms. The van der Waals surface area contributed by atoms with Crippen molar-refractivity contribution in [1.29, 1.82) is 5.26 Å². The van der Waals surface area contributed by atoms with Crippen LogP contribution in [0.1, 0.15) is 6.42 Å². The minimum Gasteiger partial charge on any atom is -0.314 e. The molecular weight excluding hydrogens is 218 g/mol. The number of rotatable bonds is 0. The van der Waals surface area contributed by atoms with Gasteiger partial charge in [-0.1, -0.05) is 0 Å². The highest BCUT2D eigenvalue weighted by Gasteiger charge is 2.50. The lowest BCUT2D eigenvalue weighted by Gasteiger charge is -2.39. The number of hydrogen-bond acceptors (Lipinski definition) is 5. The Morgan fingerprint density at radius 1 is 1.59 bits per heavy atom. The molecule has 3 heterocycles. The van der Waals surface area contributed by atoms with Crippen LogP contribution in [0.5, 0.6) is 0 Å². The van der Waals surface area contributed by atoms with Gasteiger partial charge >= 0.3 is 0 Å². The van der Waals surface area contributed by atoms with Crippen LogP contribution in [0.25, 0.3) is 0 Å². The summed E-state index contributed by atoms with van der Waals surface area (Å²) in [6, 6.07) is 3.56. The number of carbonyl (C=O) groups is 1. The van der Waals surface area contributed by atoms with E-state index in [-0.39, 0.29) is 5.91 Å². The van der Waals surface area contributed by atoms with E-state index >= 15 is 0 Å². The third-order valence-corrected chi connectivity index (χ3v) is 3.34. The Kier molecular flexibility index (Phi) is 2.03. The summed E-state index contributed by atoms with van der Waals surface area (Å²) in [5.74, 6) is 0.298. The first-order valence-electron chi connectivity index (χ1n) is 5.45. The van der Waals surface area contributed by atoms with Crippen LogP contribution in [0, 0.1) is 11.5 Å². The smallest absolute Gasteiger partial charge is 0.254 e. The van der Waals surface area contributed by atoms with Gasteiger partial charge < -0.3 is 10.6 Å². The molecule has 2 aliphatic heterocycles. The summed E-state index contributed by atoms with van der Waals surface area (Å²) < 4.78 is 0. The number of nitriles is 1. The van der Waals surface area contributed by atoms with E-state index in [0.717, 1.165) is 6.54 Å². The summed E-state index contributed by atoms with van der Waals surface area (Å²) in [5.41, 5.74) is -0.122. The van der Waals surface area contributed by atoms with E-state index in [0.29, 0.717) is 24.5 Å². The lowest BCUT2D eigenvalue weighted by Crippen LogP contribution is -2.59. The molecule has 2 N–H and O–H groups in total. The van der Waals surface area contributed by atoms with E-state index in [1.54, 1.807) is 18.3 Å². The topological polar surface area (TPSA) is 81.1 Å². The van der Waals surface area contributed by atoms with Gasteiger partial charge in [0, 0.05) is 12.7 Å². The van der Waals surface area contributed by atoms with Gasteiger partial charge in [0.15, 0.2) is 12.0 Å². The largest absolute Gasteiger partial charge is 0.314 e. The van der Waals surface area contributed by atoms with Crippen molar-refractivity contribution < 1.29 is 4.79 Å². The Bertz CT molecular complexity index is 515. The molecule has 0 aromatic carbocycles. The van der Waals surface area contributed by atoms with Crippen LogP contribution < -0.4 is 15.5 Å². The summed E-state index contributed by atoms with van der Waals surface area (Å²) in [6.07, 6.45) is 4.34. The van der Waals surface area contributed by atoms with Crippen LogP contribution in [0.15, 0.2) is 18.3 Å². The molecule has 1 spiro atoms. The minimum atomic E-state index is -0.787. The molecule has 1 aromatic rings. The minimum absolute atomic E-state index is 0.157. The number of pyridine rings is 1. The van der Waals surface area contributed by atoms with Crippen molar-refractivity contribution in [3.63, 3.8) is 0 Å². The van der Waals surface area contributed by atoms with E-state index in [4.69, 9.17) is 0 Å². The van der Waals surface area contributed by atoms with Gasteiger partial charge in [-0.05, 0) is 25.1 Å². The van der Waals surface area contributed by atoms with Gasteiger partial charge in [0.2, 0.25) is 0 Å². The second-order valence-electron chi connectivity index (χ2n) is 4.22. The maximum Gasteiger partial charge on any atom is 0.254 e. The molecule has 0 aliphatic carbocycles. The van der Waals surface area contributed by atoms with Gasteiger partial charge in [-0.25, -0.2) is 4.98 Å². The van der Waals surface area contributed by atoms with E-state index in [1.807, 2.05) is 0 Å². The molecule has 6 heteroatoms. The van der Waals surface area contributed by atoms with Crippen molar-refractivity contribution in [1.82, 2.24) is 10.3 Å². The molecule has 0 saturated carbocycles. The summed E-state index contributed by atoms with van der Waals surface area (Å²) >= 11 is 0. The Morgan fingerprint density at radius 2 is 2.47 bits per heavy atom. The average Bonchev–Trinajstić information content (AvgIpc) is 2.81. The van der Waals surface area contributed by atoms with Crippen LogP contribution in [0.2, 0.25) is 0 Å². The first-order chi connectivity index (χ1) is 8.28. The maximum absolute atomic E-state index is 12.2. The Balaban J connectivity index is 2.16. The van der Waals surface area contributed by atoms with Gasteiger partial charge in [0.25, 0.3) is 5.91 Å². The van der Waals surface area contributed by atoms with Crippen LogP contribution in [-0.4, -0.2) is 29.5 Å². The molecule has 1 unspecified atom stereocenters. The zero-order valence-corrected chi connectivity index (χ0v) is 9.10. The zero-order valence-electron chi connectivity index (χ0n) is 9.10. The second-order valence-corrected chi connectivity index (χ2v) is 4.22. The lowest BCUT2D eigenvalue weighted by atomic mass is 9.92. The lowest BCUT2D eigenvalue weighted by molar-refractivity contribution is -0.120. The highest BCUT2D eigenvalue weighted by Crippen LogP contribution is 2.37. The van der Waals surface area contributed by atoms with Crippen molar-refractivity contribution in [2.45, 2.75) is 12.0 Å². The molecule has 1 atom stereocenters. The molecule has 1 fully saturated rings. The molecule has 1 aromatic heterocycles. The normalized spacial score (nSPS) is 26.5. The summed E-state index contributed by atoms with van der Waals surface area (Å²) in [7, 11) is 0. The molecule has 0 radical (unpaired) electrons. The van der Waals surface area contributed by atoms with E-state index in [1.165, 1.54) is 4.90 Å². The molecule has 1 amide bonds. The van der Waals surface area contributed by atoms with Crippen molar-refractivity contribution >= 4 is 17.4 Å². The van der Waals surface area contributed by atoms with Gasteiger partial charge in [-0.2, -0.15) is 5.26 Å². The van der Waals surface area contributed by atoms with Crippen molar-refractivity contribution in [2.24, 2.45) is 0 Å². The van der Waals surface area contributed by atoms with Crippen molar-refractivity contribution in [3.05, 3.63) is 18.3 Å². The fourth-order valence-corrected chi connectivity index (χ4v) is 2.44. The first-order valence-corrected chi connectivity index (χ1v) is 5.45. The van der Waals surface area contributed by atoms with Gasteiger partial charge in [0.1, 0.15) is 5.54 Å². The molecule has 1 saturated heterocycles.